The fraction of sp³-hybridized carbons (Fsp3) is 0.241. The van der Waals surface area contributed by atoms with Crippen molar-refractivity contribution in [2.45, 2.75) is 19.4 Å². The minimum Gasteiger partial charge on any atom is -0.481 e. The lowest BCUT2D eigenvalue weighted by Gasteiger charge is -2.38. The number of carboxylic acid groups (broad SMARTS) is 1. The molecule has 0 aromatic heterocycles. The number of benzene rings is 3. The van der Waals surface area contributed by atoms with Crippen molar-refractivity contribution < 1.29 is 24.2 Å². The molecule has 38 heavy (non-hydrogen) atoms. The zero-order valence-corrected chi connectivity index (χ0v) is 21.8. The molecule has 4 rings (SSSR count). The average molecular weight is 534 g/mol. The van der Waals surface area contributed by atoms with Crippen LogP contribution in [0.25, 0.3) is 0 Å². The Morgan fingerprint density at radius 2 is 1.71 bits per heavy atom. The predicted octanol–water partition coefficient (Wildman–Crippen LogP) is 5.93. The van der Waals surface area contributed by atoms with E-state index in [0.29, 0.717) is 40.6 Å². The molecule has 0 aliphatic carbocycles. The molecule has 1 aliphatic heterocycles. The Labute approximate surface area is 226 Å². The normalized spacial score (nSPS) is 17.1. The van der Waals surface area contributed by atoms with Gasteiger partial charge in [0.25, 0.3) is 5.91 Å². The van der Waals surface area contributed by atoms with Crippen molar-refractivity contribution >= 4 is 35.2 Å². The summed E-state index contributed by atoms with van der Waals surface area (Å²) < 4.78 is 5.78. The van der Waals surface area contributed by atoms with Crippen LogP contribution in [0, 0.1) is 5.92 Å². The molecule has 1 aliphatic rings. The molecule has 3 aromatic carbocycles. The van der Waals surface area contributed by atoms with Gasteiger partial charge in [0, 0.05) is 36.4 Å². The van der Waals surface area contributed by atoms with Crippen LogP contribution in [0.5, 0.6) is 11.5 Å². The van der Waals surface area contributed by atoms with Crippen LogP contribution < -0.4 is 4.74 Å². The molecule has 2 unspecified atom stereocenters. The van der Waals surface area contributed by atoms with E-state index in [1.165, 1.54) is 4.90 Å². The van der Waals surface area contributed by atoms with E-state index in [4.69, 9.17) is 16.3 Å². The van der Waals surface area contributed by atoms with Gasteiger partial charge in [0.05, 0.1) is 6.04 Å². The van der Waals surface area contributed by atoms with Gasteiger partial charge in [0.2, 0.25) is 0 Å². The zero-order valence-electron chi connectivity index (χ0n) is 21.1. The SMILES string of the molecule is CC1=NC(=O)N(CCCN(C)C(=O)c2ccc(Oc3ccccc3)cc2)C(c2cccc(Cl)c2)C1C(=O)O. The van der Waals surface area contributed by atoms with Crippen molar-refractivity contribution in [1.82, 2.24) is 9.80 Å². The van der Waals surface area contributed by atoms with Crippen LogP contribution in [-0.4, -0.2) is 58.7 Å². The lowest BCUT2D eigenvalue weighted by Crippen LogP contribution is -2.47. The number of amides is 3. The van der Waals surface area contributed by atoms with E-state index in [0.717, 1.165) is 0 Å². The Hall–Kier alpha value is -4.17. The van der Waals surface area contributed by atoms with E-state index in [2.05, 4.69) is 4.99 Å². The summed E-state index contributed by atoms with van der Waals surface area (Å²) in [6.07, 6.45) is 0.432. The molecule has 3 aromatic rings. The smallest absolute Gasteiger partial charge is 0.344 e. The summed E-state index contributed by atoms with van der Waals surface area (Å²) in [5.74, 6) is -0.917. The van der Waals surface area contributed by atoms with Crippen LogP contribution in [0.1, 0.15) is 35.3 Å². The molecule has 8 nitrogen and oxygen atoms in total. The van der Waals surface area contributed by atoms with Crippen LogP contribution in [0.4, 0.5) is 4.79 Å². The quantitative estimate of drug-likeness (QED) is 0.367. The Bertz CT molecular complexity index is 1340. The van der Waals surface area contributed by atoms with Crippen LogP contribution in [0.15, 0.2) is 83.9 Å². The van der Waals surface area contributed by atoms with Gasteiger partial charge in [-0.25, -0.2) is 9.79 Å². The van der Waals surface area contributed by atoms with E-state index in [-0.39, 0.29) is 18.2 Å². The topological polar surface area (TPSA) is 99.5 Å². The van der Waals surface area contributed by atoms with E-state index < -0.39 is 24.0 Å². The molecule has 1 N–H and O–H groups in total. The minimum atomic E-state index is -1.07. The fourth-order valence-corrected chi connectivity index (χ4v) is 4.71. The Balaban J connectivity index is 1.41. The first-order valence-corrected chi connectivity index (χ1v) is 12.5. The summed E-state index contributed by atoms with van der Waals surface area (Å²) >= 11 is 6.17. The fourth-order valence-electron chi connectivity index (χ4n) is 4.51. The number of carboxylic acids is 1. The van der Waals surface area contributed by atoms with E-state index in [1.807, 2.05) is 30.3 Å². The second kappa shape index (κ2) is 11.9. The van der Waals surface area contributed by atoms with Crippen molar-refractivity contribution in [1.29, 1.82) is 0 Å². The molecule has 0 spiro atoms. The van der Waals surface area contributed by atoms with Gasteiger partial charge in [-0.2, -0.15) is 0 Å². The number of ether oxygens (including phenoxy) is 1. The maximum atomic E-state index is 13.0. The molecule has 0 saturated heterocycles. The number of urea groups is 1. The molecule has 196 valence electrons. The Morgan fingerprint density at radius 1 is 1.03 bits per heavy atom. The molecular weight excluding hydrogens is 506 g/mol. The highest BCUT2D eigenvalue weighted by atomic mass is 35.5. The number of carbonyl (C=O) groups is 3. The van der Waals surface area contributed by atoms with Crippen LogP contribution in [0.2, 0.25) is 5.02 Å². The molecule has 0 radical (unpaired) electrons. The first-order chi connectivity index (χ1) is 18.2. The van der Waals surface area contributed by atoms with Gasteiger partial charge in [-0.3, -0.25) is 9.59 Å². The van der Waals surface area contributed by atoms with Crippen LogP contribution in [-0.2, 0) is 4.79 Å². The van der Waals surface area contributed by atoms with Gasteiger partial charge in [-0.1, -0.05) is 41.9 Å². The number of hydrogen-bond acceptors (Lipinski definition) is 4. The molecule has 0 fully saturated rings. The number of hydrogen-bond donors (Lipinski definition) is 1. The first-order valence-electron chi connectivity index (χ1n) is 12.2. The summed E-state index contributed by atoms with van der Waals surface area (Å²) in [7, 11) is 1.69. The summed E-state index contributed by atoms with van der Waals surface area (Å²) in [6.45, 7) is 2.12. The number of carbonyl (C=O) groups excluding carboxylic acids is 2. The van der Waals surface area contributed by atoms with Gasteiger partial charge in [-0.15, -0.1) is 0 Å². The van der Waals surface area contributed by atoms with Crippen molar-refractivity contribution in [3.05, 3.63) is 95.0 Å². The monoisotopic (exact) mass is 533 g/mol. The summed E-state index contributed by atoms with van der Waals surface area (Å²) in [5.41, 5.74) is 1.37. The van der Waals surface area contributed by atoms with E-state index >= 15 is 0 Å². The maximum absolute atomic E-state index is 13.0. The summed E-state index contributed by atoms with van der Waals surface area (Å²) in [4.78, 5) is 44.9. The first kappa shape index (κ1) is 26.9. The second-order valence-corrected chi connectivity index (χ2v) is 9.50. The molecule has 3 amide bonds. The van der Waals surface area contributed by atoms with E-state index in [1.54, 1.807) is 67.4 Å². The standard InChI is InChI=1S/C29H28ClN3O5/c1-19-25(28(35)36)26(21-8-6-9-22(30)18-21)33(29(37)31-19)17-7-16-32(2)27(34)20-12-14-24(15-13-20)38-23-10-4-3-5-11-23/h3-6,8-15,18,25-26H,7,16-17H2,1-2H3,(H,35,36). The van der Waals surface area contributed by atoms with E-state index in [9.17, 15) is 19.5 Å². The number of aliphatic carboxylic acids is 1. The predicted molar refractivity (Wildman–Crippen MR) is 145 cm³/mol. The number of rotatable bonds is 9. The van der Waals surface area contributed by atoms with Crippen LogP contribution >= 0.6 is 11.6 Å². The second-order valence-electron chi connectivity index (χ2n) is 9.06. The molecule has 9 heteroatoms. The molecular formula is C29H28ClN3O5. The number of nitrogens with zero attached hydrogens (tertiary/aromatic N) is 3. The van der Waals surface area contributed by atoms with Crippen molar-refractivity contribution in [3.8, 4) is 11.5 Å². The Morgan fingerprint density at radius 3 is 2.37 bits per heavy atom. The number of aliphatic imine (C=N–C) groups is 1. The number of para-hydroxylation sites is 1. The lowest BCUT2D eigenvalue weighted by atomic mass is 9.87. The molecule has 2 atom stereocenters. The highest BCUT2D eigenvalue weighted by Crippen LogP contribution is 2.35. The maximum Gasteiger partial charge on any atom is 0.344 e. The molecule has 1 heterocycles. The van der Waals surface area contributed by atoms with Gasteiger partial charge in [0.15, 0.2) is 0 Å². The largest absolute Gasteiger partial charge is 0.481 e. The Kier molecular flexibility index (Phi) is 8.43. The van der Waals surface area contributed by atoms with Crippen LogP contribution in [0.3, 0.4) is 0 Å². The zero-order chi connectivity index (χ0) is 27.2. The van der Waals surface area contributed by atoms with Gasteiger partial charge in [0.1, 0.15) is 17.4 Å². The lowest BCUT2D eigenvalue weighted by molar-refractivity contribution is -0.141. The summed E-state index contributed by atoms with van der Waals surface area (Å²) in [6, 6.07) is 21.8. The summed E-state index contributed by atoms with van der Waals surface area (Å²) in [5, 5.41) is 10.4. The molecule has 0 saturated carbocycles. The van der Waals surface area contributed by atoms with Gasteiger partial charge < -0.3 is 19.6 Å². The highest BCUT2D eigenvalue weighted by Gasteiger charge is 2.42. The average Bonchev–Trinajstić information content (AvgIpc) is 2.90. The third-order valence-corrected chi connectivity index (χ3v) is 6.63. The minimum absolute atomic E-state index is 0.176. The van der Waals surface area contributed by atoms with Crippen molar-refractivity contribution in [2.75, 3.05) is 20.1 Å². The van der Waals surface area contributed by atoms with Gasteiger partial charge in [-0.05, 0) is 67.4 Å². The van der Waals surface area contributed by atoms with Crippen molar-refractivity contribution in [2.24, 2.45) is 10.9 Å². The third-order valence-electron chi connectivity index (χ3n) is 6.39. The number of halogens is 1. The third kappa shape index (κ3) is 6.20. The van der Waals surface area contributed by atoms with Crippen molar-refractivity contribution in [3.63, 3.8) is 0 Å². The highest BCUT2D eigenvalue weighted by molar-refractivity contribution is 6.30. The van der Waals surface area contributed by atoms with Gasteiger partial charge >= 0.3 is 12.0 Å². The molecule has 0 bridgehead atoms.